The number of ether oxygens (including phenoxy) is 1. The van der Waals surface area contributed by atoms with E-state index in [9.17, 15) is 4.79 Å². The number of amides is 1. The lowest BCUT2D eigenvalue weighted by Gasteiger charge is -2.30. The van der Waals surface area contributed by atoms with Crippen LogP contribution < -0.4 is 20.9 Å². The summed E-state index contributed by atoms with van der Waals surface area (Å²) < 4.78 is 7.37. The van der Waals surface area contributed by atoms with Crippen LogP contribution >= 0.6 is 0 Å². The molecule has 1 saturated carbocycles. The molecule has 2 saturated heterocycles. The van der Waals surface area contributed by atoms with Gasteiger partial charge in [-0.1, -0.05) is 24.8 Å². The standard InChI is InChI=1S/C26H29N7O2/c1-17-19(13-25(34)29-17)12-20-16-28-33-24(30-21-6-7-21)14-23(31-26(20)33)27-15-18-4-2-3-5-22(18)32-8-10-35-11-9-32/h2-5,12,14,16,21,30H,1,6-11,13,15H2,(H,27,31)(H,29,34)/b19-12+. The number of morpholine rings is 1. The smallest absolute Gasteiger partial charge is 0.228 e. The van der Waals surface area contributed by atoms with Gasteiger partial charge in [0.15, 0.2) is 5.65 Å². The molecule has 9 heteroatoms. The van der Waals surface area contributed by atoms with Crippen LogP contribution in [0, 0.1) is 0 Å². The summed E-state index contributed by atoms with van der Waals surface area (Å²) in [7, 11) is 0. The fraction of sp³-hybridized carbons (Fsp3) is 0.346. The zero-order valence-electron chi connectivity index (χ0n) is 19.6. The van der Waals surface area contributed by atoms with Crippen molar-refractivity contribution in [1.82, 2.24) is 19.9 Å². The Kier molecular flexibility index (Phi) is 5.61. The summed E-state index contributed by atoms with van der Waals surface area (Å²) >= 11 is 0. The Morgan fingerprint density at radius 1 is 1.23 bits per heavy atom. The second kappa shape index (κ2) is 9.07. The maximum absolute atomic E-state index is 11.8. The molecule has 3 N–H and O–H groups in total. The second-order valence-corrected chi connectivity index (χ2v) is 9.24. The van der Waals surface area contributed by atoms with Crippen molar-refractivity contribution in [2.45, 2.75) is 31.8 Å². The third kappa shape index (κ3) is 4.59. The normalized spacial score (nSPS) is 19.4. The first kappa shape index (κ1) is 21.7. The number of nitrogens with one attached hydrogen (secondary N) is 3. The van der Waals surface area contributed by atoms with Gasteiger partial charge in [-0.25, -0.2) is 4.98 Å². The van der Waals surface area contributed by atoms with Crippen LogP contribution in [0.4, 0.5) is 17.3 Å². The van der Waals surface area contributed by atoms with Gasteiger partial charge in [0.1, 0.15) is 11.6 Å². The van der Waals surface area contributed by atoms with Crippen molar-refractivity contribution in [2.24, 2.45) is 0 Å². The quantitative estimate of drug-likeness (QED) is 0.487. The number of nitrogens with zero attached hydrogens (tertiary/aromatic N) is 4. The second-order valence-electron chi connectivity index (χ2n) is 9.24. The number of carbonyl (C=O) groups excluding carboxylic acids is 1. The first-order valence-corrected chi connectivity index (χ1v) is 12.1. The van der Waals surface area contributed by atoms with Gasteiger partial charge in [0.25, 0.3) is 0 Å². The average molecular weight is 472 g/mol. The van der Waals surface area contributed by atoms with Crippen LogP contribution in [0.15, 0.2) is 54.4 Å². The Balaban J connectivity index is 1.31. The molecule has 2 aromatic heterocycles. The summed E-state index contributed by atoms with van der Waals surface area (Å²) in [5, 5.41) is 14.5. The zero-order valence-corrected chi connectivity index (χ0v) is 19.6. The van der Waals surface area contributed by atoms with Crippen LogP contribution in [0.1, 0.15) is 30.4 Å². The van der Waals surface area contributed by atoms with E-state index in [2.05, 4.69) is 56.8 Å². The molecule has 9 nitrogen and oxygen atoms in total. The zero-order chi connectivity index (χ0) is 23.8. The van der Waals surface area contributed by atoms with Gasteiger partial charge in [-0.2, -0.15) is 9.61 Å². The van der Waals surface area contributed by atoms with Crippen molar-refractivity contribution < 1.29 is 9.53 Å². The third-order valence-corrected chi connectivity index (χ3v) is 6.59. The number of carbonyl (C=O) groups is 1. The predicted molar refractivity (Wildman–Crippen MR) is 136 cm³/mol. The molecular formula is C26H29N7O2. The summed E-state index contributed by atoms with van der Waals surface area (Å²) in [5.41, 5.74) is 5.54. The Hall–Kier alpha value is -3.85. The van der Waals surface area contributed by atoms with Crippen LogP contribution in [0.5, 0.6) is 0 Å². The van der Waals surface area contributed by atoms with Crippen LogP contribution in [0.25, 0.3) is 11.7 Å². The molecule has 3 aromatic rings. The molecule has 180 valence electrons. The number of allylic oxidation sites excluding steroid dienone is 1. The first-order chi connectivity index (χ1) is 17.1. The van der Waals surface area contributed by atoms with Crippen molar-refractivity contribution >= 4 is 35.0 Å². The maximum Gasteiger partial charge on any atom is 0.228 e. The van der Waals surface area contributed by atoms with Gasteiger partial charge >= 0.3 is 0 Å². The molecule has 2 aliphatic heterocycles. The summed E-state index contributed by atoms with van der Waals surface area (Å²) in [6, 6.07) is 11.0. The Morgan fingerprint density at radius 2 is 2.06 bits per heavy atom. The molecule has 3 fully saturated rings. The third-order valence-electron chi connectivity index (χ3n) is 6.59. The fourth-order valence-corrected chi connectivity index (χ4v) is 4.57. The molecule has 0 unspecified atom stereocenters. The van der Waals surface area contributed by atoms with Crippen LogP contribution in [-0.4, -0.2) is 52.9 Å². The molecule has 6 rings (SSSR count). The average Bonchev–Trinajstić information content (AvgIpc) is 3.51. The Labute approximate surface area is 203 Å². The highest BCUT2D eigenvalue weighted by atomic mass is 16.5. The number of anilines is 3. The van der Waals surface area contributed by atoms with Crippen molar-refractivity contribution in [1.29, 1.82) is 0 Å². The number of rotatable bonds is 7. The molecule has 0 spiro atoms. The summed E-state index contributed by atoms with van der Waals surface area (Å²) in [6.45, 7) is 7.91. The lowest BCUT2D eigenvalue weighted by Crippen LogP contribution is -2.36. The number of fused-ring (bicyclic) bond motifs is 1. The lowest BCUT2D eigenvalue weighted by molar-refractivity contribution is -0.118. The van der Waals surface area contributed by atoms with E-state index in [-0.39, 0.29) is 5.91 Å². The molecule has 0 bridgehead atoms. The van der Waals surface area contributed by atoms with E-state index in [1.165, 1.54) is 11.3 Å². The van der Waals surface area contributed by atoms with Crippen LogP contribution in [0.2, 0.25) is 0 Å². The Bertz CT molecular complexity index is 1320. The van der Waals surface area contributed by atoms with Gasteiger partial charge in [0, 0.05) is 48.7 Å². The van der Waals surface area contributed by atoms with Crippen molar-refractivity contribution in [3.05, 3.63) is 65.5 Å². The monoisotopic (exact) mass is 471 g/mol. The number of aromatic nitrogens is 3. The number of para-hydroxylation sites is 1. The van der Waals surface area contributed by atoms with E-state index in [1.807, 2.05) is 16.7 Å². The highest BCUT2D eigenvalue weighted by Crippen LogP contribution is 2.29. The van der Waals surface area contributed by atoms with E-state index in [0.29, 0.717) is 24.7 Å². The maximum atomic E-state index is 11.8. The topological polar surface area (TPSA) is 95.8 Å². The molecule has 0 atom stereocenters. The minimum Gasteiger partial charge on any atom is -0.378 e. The van der Waals surface area contributed by atoms with Gasteiger partial charge < -0.3 is 25.6 Å². The van der Waals surface area contributed by atoms with Crippen molar-refractivity contribution in [3.8, 4) is 0 Å². The van der Waals surface area contributed by atoms with Crippen molar-refractivity contribution in [2.75, 3.05) is 41.8 Å². The van der Waals surface area contributed by atoms with E-state index >= 15 is 0 Å². The number of hydrogen-bond donors (Lipinski definition) is 3. The predicted octanol–water partition coefficient (Wildman–Crippen LogP) is 3.17. The number of benzene rings is 1. The fourth-order valence-electron chi connectivity index (χ4n) is 4.57. The molecular weight excluding hydrogens is 442 g/mol. The molecule has 0 radical (unpaired) electrons. The lowest BCUT2D eigenvalue weighted by atomic mass is 10.1. The van der Waals surface area contributed by atoms with E-state index in [0.717, 1.165) is 67.6 Å². The van der Waals surface area contributed by atoms with Gasteiger partial charge in [0.2, 0.25) is 5.91 Å². The van der Waals surface area contributed by atoms with Gasteiger partial charge in [-0.15, -0.1) is 0 Å². The van der Waals surface area contributed by atoms with Crippen molar-refractivity contribution in [3.63, 3.8) is 0 Å². The summed E-state index contributed by atoms with van der Waals surface area (Å²) in [6.07, 6.45) is 6.38. The van der Waals surface area contributed by atoms with Crippen LogP contribution in [0.3, 0.4) is 0 Å². The summed E-state index contributed by atoms with van der Waals surface area (Å²) in [4.78, 5) is 19.1. The summed E-state index contributed by atoms with van der Waals surface area (Å²) in [5.74, 6) is 1.64. The molecule has 1 aromatic carbocycles. The van der Waals surface area contributed by atoms with E-state index in [4.69, 9.17) is 9.72 Å². The minimum atomic E-state index is -0.0388. The van der Waals surface area contributed by atoms with Gasteiger partial charge in [-0.05, 0) is 36.1 Å². The minimum absolute atomic E-state index is 0.0388. The highest BCUT2D eigenvalue weighted by molar-refractivity contribution is 5.89. The molecule has 35 heavy (non-hydrogen) atoms. The molecule has 4 heterocycles. The highest BCUT2D eigenvalue weighted by Gasteiger charge is 2.24. The largest absolute Gasteiger partial charge is 0.378 e. The van der Waals surface area contributed by atoms with Gasteiger partial charge in [-0.3, -0.25) is 4.79 Å². The van der Waals surface area contributed by atoms with Gasteiger partial charge in [0.05, 0.1) is 25.8 Å². The first-order valence-electron chi connectivity index (χ1n) is 12.1. The molecule has 1 amide bonds. The van der Waals surface area contributed by atoms with E-state index in [1.54, 1.807) is 6.20 Å². The molecule has 3 aliphatic rings. The SMILES string of the molecule is C=C1NC(=O)C/C1=C\c1cnn2c(NC3CC3)cc(NCc3ccccc3N3CCOCC3)nc12. The molecule has 1 aliphatic carbocycles. The Morgan fingerprint density at radius 3 is 2.83 bits per heavy atom. The van der Waals surface area contributed by atoms with Crippen LogP contribution in [-0.2, 0) is 16.1 Å². The number of hydrogen-bond acceptors (Lipinski definition) is 7. The van der Waals surface area contributed by atoms with E-state index < -0.39 is 0 Å².